The van der Waals surface area contributed by atoms with Gasteiger partial charge in [-0.25, -0.2) is 0 Å². The Balaban J connectivity index is 1.64. The number of likely N-dealkylation sites (N-methyl/N-ethyl adjacent to an activating group) is 1. The fraction of sp³-hybridized carbons (Fsp3) is 0.864. The first kappa shape index (κ1) is 18.2. The number of ketones is 2. The summed E-state index contributed by atoms with van der Waals surface area (Å²) >= 11 is 0. The minimum atomic E-state index is -0.246. The number of hydrogen-bond donors (Lipinski definition) is 0. The van der Waals surface area contributed by atoms with E-state index in [-0.39, 0.29) is 28.6 Å². The number of carbonyl (C=O) groups is 3. The van der Waals surface area contributed by atoms with Crippen molar-refractivity contribution in [3.05, 3.63) is 0 Å². The molecular formula is C22H33NO3. The van der Waals surface area contributed by atoms with E-state index in [9.17, 15) is 14.4 Å². The second-order valence-electron chi connectivity index (χ2n) is 10.1. The van der Waals surface area contributed by atoms with Crippen molar-refractivity contribution in [3.8, 4) is 0 Å². The Bertz CT molecular complexity index is 658. The molecule has 26 heavy (non-hydrogen) atoms. The second kappa shape index (κ2) is 5.90. The summed E-state index contributed by atoms with van der Waals surface area (Å²) in [5.41, 5.74) is 0.193. The fourth-order valence-electron chi connectivity index (χ4n) is 7.65. The molecule has 4 heteroatoms. The van der Waals surface area contributed by atoms with Gasteiger partial charge in [-0.15, -0.1) is 0 Å². The van der Waals surface area contributed by atoms with Gasteiger partial charge < -0.3 is 4.90 Å². The molecule has 4 saturated carbocycles. The Hall–Kier alpha value is -1.19. The Labute approximate surface area is 157 Å². The normalized spacial score (nSPS) is 47.8. The highest BCUT2D eigenvalue weighted by atomic mass is 16.2. The molecule has 0 radical (unpaired) electrons. The largest absolute Gasteiger partial charge is 0.335 e. The molecule has 4 fully saturated rings. The van der Waals surface area contributed by atoms with E-state index >= 15 is 0 Å². The lowest BCUT2D eigenvalue weighted by atomic mass is 9.45. The molecule has 0 aromatic rings. The summed E-state index contributed by atoms with van der Waals surface area (Å²) in [6, 6.07) is -0.246. The lowest BCUT2D eigenvalue weighted by Crippen LogP contribution is -2.56. The van der Waals surface area contributed by atoms with Crippen molar-refractivity contribution in [3.63, 3.8) is 0 Å². The number of hydrogen-bond acceptors (Lipinski definition) is 3. The van der Waals surface area contributed by atoms with Gasteiger partial charge in [-0.2, -0.15) is 0 Å². The van der Waals surface area contributed by atoms with Gasteiger partial charge in [-0.1, -0.05) is 13.8 Å². The third kappa shape index (κ3) is 2.36. The second-order valence-corrected chi connectivity index (χ2v) is 10.1. The summed E-state index contributed by atoms with van der Waals surface area (Å²) < 4.78 is 0. The van der Waals surface area contributed by atoms with Crippen LogP contribution in [0.15, 0.2) is 0 Å². The molecule has 4 nitrogen and oxygen atoms in total. The van der Waals surface area contributed by atoms with Gasteiger partial charge >= 0.3 is 0 Å². The molecule has 1 amide bonds. The molecule has 0 aromatic carbocycles. The van der Waals surface area contributed by atoms with E-state index in [1.807, 2.05) is 0 Å². The van der Waals surface area contributed by atoms with Crippen LogP contribution in [-0.4, -0.2) is 35.5 Å². The zero-order chi connectivity index (χ0) is 18.9. The average molecular weight is 360 g/mol. The lowest BCUT2D eigenvalue weighted by Gasteiger charge is -2.60. The zero-order valence-electron chi connectivity index (χ0n) is 16.7. The van der Waals surface area contributed by atoms with Crippen LogP contribution >= 0.6 is 0 Å². The number of nitrogens with zero attached hydrogens (tertiary/aromatic N) is 1. The Kier molecular flexibility index (Phi) is 4.13. The third-order valence-corrected chi connectivity index (χ3v) is 9.15. The summed E-state index contributed by atoms with van der Waals surface area (Å²) in [6.07, 6.45) is 7.66. The van der Waals surface area contributed by atoms with Crippen molar-refractivity contribution in [2.75, 3.05) is 7.05 Å². The molecule has 4 rings (SSSR count). The highest BCUT2D eigenvalue weighted by Gasteiger charge is 2.63. The molecule has 0 saturated heterocycles. The van der Waals surface area contributed by atoms with Gasteiger partial charge in [0.15, 0.2) is 5.78 Å². The summed E-state index contributed by atoms with van der Waals surface area (Å²) in [5, 5.41) is 0. The van der Waals surface area contributed by atoms with E-state index in [2.05, 4.69) is 13.8 Å². The Morgan fingerprint density at radius 1 is 1.00 bits per heavy atom. The molecular weight excluding hydrogens is 326 g/mol. The van der Waals surface area contributed by atoms with E-state index in [4.69, 9.17) is 0 Å². The number of rotatable bonds is 1. The van der Waals surface area contributed by atoms with Crippen LogP contribution in [0.3, 0.4) is 0 Å². The van der Waals surface area contributed by atoms with Crippen LogP contribution in [0.4, 0.5) is 0 Å². The van der Waals surface area contributed by atoms with Crippen LogP contribution in [0.5, 0.6) is 0 Å². The van der Waals surface area contributed by atoms with Crippen LogP contribution in [0.25, 0.3) is 0 Å². The van der Waals surface area contributed by atoms with Crippen molar-refractivity contribution in [2.45, 2.75) is 78.2 Å². The predicted molar refractivity (Wildman–Crippen MR) is 99.4 cm³/mol. The van der Waals surface area contributed by atoms with Crippen molar-refractivity contribution >= 4 is 17.5 Å². The summed E-state index contributed by atoms with van der Waals surface area (Å²) in [5.74, 6) is 2.87. The first-order valence-corrected chi connectivity index (χ1v) is 10.5. The van der Waals surface area contributed by atoms with Crippen molar-refractivity contribution in [1.82, 2.24) is 4.90 Å². The molecule has 0 bridgehead atoms. The summed E-state index contributed by atoms with van der Waals surface area (Å²) in [4.78, 5) is 38.6. The molecule has 4 aliphatic rings. The van der Waals surface area contributed by atoms with Gasteiger partial charge in [-0.3, -0.25) is 14.4 Å². The van der Waals surface area contributed by atoms with Crippen molar-refractivity contribution in [1.29, 1.82) is 0 Å². The Morgan fingerprint density at radius 2 is 1.73 bits per heavy atom. The van der Waals surface area contributed by atoms with Crippen molar-refractivity contribution < 1.29 is 14.4 Å². The molecule has 0 unspecified atom stereocenters. The smallest absolute Gasteiger partial charge is 0.219 e. The maximum Gasteiger partial charge on any atom is 0.219 e. The standard InChI is InChI=1S/C22H33NO3/c1-13(24)23(4)20-19(26)12-18-16-6-5-14-11-15(25)7-9-21(14,2)17(16)8-10-22(18,20)3/h14,16-18,20H,5-12H2,1-4H3/t14-,16+,17-,18-,20-,21-,22-/m0/s1. The van der Waals surface area contributed by atoms with Crippen molar-refractivity contribution in [2.24, 2.45) is 34.5 Å². The van der Waals surface area contributed by atoms with Gasteiger partial charge in [0.25, 0.3) is 0 Å². The number of amides is 1. The molecule has 0 N–H and O–H groups in total. The number of carbonyl (C=O) groups excluding carboxylic acids is 3. The lowest BCUT2D eigenvalue weighted by molar-refractivity contribution is -0.145. The zero-order valence-corrected chi connectivity index (χ0v) is 16.7. The minimum absolute atomic E-state index is 0.00573. The first-order valence-electron chi connectivity index (χ1n) is 10.5. The van der Waals surface area contributed by atoms with Gasteiger partial charge in [0, 0.05) is 33.2 Å². The van der Waals surface area contributed by atoms with Gasteiger partial charge in [0.1, 0.15) is 5.78 Å². The van der Waals surface area contributed by atoms with E-state index in [0.717, 1.165) is 44.9 Å². The van der Waals surface area contributed by atoms with E-state index in [0.29, 0.717) is 35.9 Å². The van der Waals surface area contributed by atoms with Gasteiger partial charge in [0.2, 0.25) is 5.91 Å². The van der Waals surface area contributed by atoms with Crippen LogP contribution in [0.2, 0.25) is 0 Å². The number of Topliss-reactive ketones (excluding diaryl/α,β-unsaturated/α-hetero) is 2. The molecule has 7 atom stereocenters. The SMILES string of the molecule is CC(=O)N(C)[C@H]1C(=O)C[C@H]2[C@@H]3CC[C@H]4CC(=O)CC[C@]4(C)[C@H]3CC[C@]12C. The molecule has 0 aromatic heterocycles. The highest BCUT2D eigenvalue weighted by Crippen LogP contribution is 2.65. The summed E-state index contributed by atoms with van der Waals surface area (Å²) in [6.45, 7) is 6.27. The fourth-order valence-corrected chi connectivity index (χ4v) is 7.65. The predicted octanol–water partition coefficient (Wildman–Crippen LogP) is 3.62. The summed E-state index contributed by atoms with van der Waals surface area (Å²) in [7, 11) is 1.80. The monoisotopic (exact) mass is 359 g/mol. The van der Waals surface area contributed by atoms with Gasteiger partial charge in [-0.05, 0) is 66.6 Å². The third-order valence-electron chi connectivity index (χ3n) is 9.15. The molecule has 0 heterocycles. The molecule has 4 aliphatic carbocycles. The molecule has 144 valence electrons. The maximum absolute atomic E-state index is 12.9. The van der Waals surface area contributed by atoms with Crippen LogP contribution in [0.1, 0.15) is 72.1 Å². The average Bonchev–Trinajstić information content (AvgIpc) is 2.85. The highest BCUT2D eigenvalue weighted by molar-refractivity contribution is 5.91. The van der Waals surface area contributed by atoms with E-state index in [1.165, 1.54) is 0 Å². The number of fused-ring (bicyclic) bond motifs is 5. The van der Waals surface area contributed by atoms with Gasteiger partial charge in [0.05, 0.1) is 6.04 Å². The van der Waals surface area contributed by atoms with E-state index < -0.39 is 0 Å². The quantitative estimate of drug-likeness (QED) is 0.718. The Morgan fingerprint density at radius 3 is 2.42 bits per heavy atom. The molecule has 0 aliphatic heterocycles. The van der Waals surface area contributed by atoms with E-state index in [1.54, 1.807) is 18.9 Å². The topological polar surface area (TPSA) is 54.5 Å². The van der Waals surface area contributed by atoms with Crippen LogP contribution in [0, 0.1) is 34.5 Å². The minimum Gasteiger partial charge on any atom is -0.335 e. The first-order chi connectivity index (χ1) is 12.2. The molecule has 0 spiro atoms. The van der Waals surface area contributed by atoms with Crippen LogP contribution < -0.4 is 0 Å². The van der Waals surface area contributed by atoms with Crippen LogP contribution in [-0.2, 0) is 14.4 Å². The maximum atomic E-state index is 12.9.